The number of hydrogen-bond donors (Lipinski definition) is 0. The maximum Gasteiger partial charge on any atom is 0.181 e. The van der Waals surface area contributed by atoms with E-state index in [-0.39, 0.29) is 11.7 Å². The van der Waals surface area contributed by atoms with Gasteiger partial charge in [-0.15, -0.1) is 11.6 Å². The molecule has 0 saturated carbocycles. The molecular formula is C11H13ClO3. The SMILES string of the molecule is CCOc1cc(OC)ccc1C(=O)CCl. The summed E-state index contributed by atoms with van der Waals surface area (Å²) in [6.07, 6.45) is 0. The van der Waals surface area contributed by atoms with Crippen molar-refractivity contribution in [1.29, 1.82) is 0 Å². The number of rotatable bonds is 5. The zero-order valence-electron chi connectivity index (χ0n) is 8.75. The Kier molecular flexibility index (Phi) is 4.43. The molecule has 15 heavy (non-hydrogen) atoms. The third-order valence-electron chi connectivity index (χ3n) is 1.91. The van der Waals surface area contributed by atoms with Crippen LogP contribution in [0.2, 0.25) is 0 Å². The third-order valence-corrected chi connectivity index (χ3v) is 2.15. The second-order valence-corrected chi connectivity index (χ2v) is 3.12. The summed E-state index contributed by atoms with van der Waals surface area (Å²) in [5, 5.41) is 0. The molecule has 0 aliphatic rings. The van der Waals surface area contributed by atoms with Gasteiger partial charge in [-0.2, -0.15) is 0 Å². The fraction of sp³-hybridized carbons (Fsp3) is 0.364. The number of alkyl halides is 1. The average molecular weight is 229 g/mol. The minimum atomic E-state index is -0.150. The number of carbonyl (C=O) groups is 1. The maximum atomic E-state index is 11.5. The first kappa shape index (κ1) is 11.9. The summed E-state index contributed by atoms with van der Waals surface area (Å²) >= 11 is 5.50. The molecule has 4 heteroatoms. The molecule has 0 saturated heterocycles. The van der Waals surface area contributed by atoms with Gasteiger partial charge >= 0.3 is 0 Å². The van der Waals surface area contributed by atoms with E-state index in [1.54, 1.807) is 25.3 Å². The summed E-state index contributed by atoms with van der Waals surface area (Å²) in [5.74, 6) is 0.974. The van der Waals surface area contributed by atoms with Crippen LogP contribution in [-0.4, -0.2) is 25.4 Å². The van der Waals surface area contributed by atoms with Crippen molar-refractivity contribution in [3.8, 4) is 11.5 Å². The van der Waals surface area contributed by atoms with Gasteiger partial charge in [0.25, 0.3) is 0 Å². The van der Waals surface area contributed by atoms with Gasteiger partial charge in [0.1, 0.15) is 11.5 Å². The molecule has 1 rings (SSSR count). The van der Waals surface area contributed by atoms with Gasteiger partial charge < -0.3 is 9.47 Å². The first-order valence-corrected chi connectivity index (χ1v) is 5.16. The highest BCUT2D eigenvalue weighted by molar-refractivity contribution is 6.30. The molecule has 0 heterocycles. The predicted molar refractivity (Wildman–Crippen MR) is 59.2 cm³/mol. The van der Waals surface area contributed by atoms with Gasteiger partial charge in [-0.05, 0) is 19.1 Å². The molecule has 0 unspecified atom stereocenters. The summed E-state index contributed by atoms with van der Waals surface area (Å²) in [4.78, 5) is 11.5. The van der Waals surface area contributed by atoms with E-state index in [4.69, 9.17) is 21.1 Å². The van der Waals surface area contributed by atoms with Crippen molar-refractivity contribution in [3.05, 3.63) is 23.8 Å². The predicted octanol–water partition coefficient (Wildman–Crippen LogP) is 2.52. The monoisotopic (exact) mass is 228 g/mol. The Labute approximate surface area is 93.9 Å². The first-order chi connectivity index (χ1) is 7.22. The van der Waals surface area contributed by atoms with Crippen molar-refractivity contribution in [2.75, 3.05) is 19.6 Å². The Morgan fingerprint density at radius 2 is 2.20 bits per heavy atom. The lowest BCUT2D eigenvalue weighted by atomic mass is 10.1. The summed E-state index contributed by atoms with van der Waals surface area (Å²) in [7, 11) is 1.56. The second-order valence-electron chi connectivity index (χ2n) is 2.85. The molecule has 0 radical (unpaired) electrons. The van der Waals surface area contributed by atoms with Gasteiger partial charge in [-0.25, -0.2) is 0 Å². The number of ether oxygens (including phenoxy) is 2. The summed E-state index contributed by atoms with van der Waals surface area (Å²) in [6, 6.07) is 5.06. The largest absolute Gasteiger partial charge is 0.497 e. The Balaban J connectivity index is 3.08. The summed E-state index contributed by atoms with van der Waals surface area (Å²) < 4.78 is 10.4. The molecule has 0 bridgehead atoms. The Morgan fingerprint density at radius 3 is 2.73 bits per heavy atom. The smallest absolute Gasteiger partial charge is 0.181 e. The lowest BCUT2D eigenvalue weighted by Gasteiger charge is -2.09. The van der Waals surface area contributed by atoms with Gasteiger partial charge in [-0.3, -0.25) is 4.79 Å². The Bertz CT molecular complexity index is 350. The molecule has 0 aliphatic carbocycles. The lowest BCUT2D eigenvalue weighted by Crippen LogP contribution is -2.05. The molecule has 0 spiro atoms. The van der Waals surface area contributed by atoms with Crippen LogP contribution in [0.1, 0.15) is 17.3 Å². The van der Waals surface area contributed by atoms with Gasteiger partial charge in [0.2, 0.25) is 0 Å². The zero-order chi connectivity index (χ0) is 11.3. The van der Waals surface area contributed by atoms with E-state index in [1.807, 2.05) is 6.92 Å². The molecule has 3 nitrogen and oxygen atoms in total. The van der Waals surface area contributed by atoms with Crippen molar-refractivity contribution in [2.24, 2.45) is 0 Å². The van der Waals surface area contributed by atoms with Crippen LogP contribution in [0.3, 0.4) is 0 Å². The summed E-state index contributed by atoms with van der Waals surface area (Å²) in [6.45, 7) is 2.35. The van der Waals surface area contributed by atoms with Crippen LogP contribution in [0.4, 0.5) is 0 Å². The number of carbonyl (C=O) groups excluding carboxylic acids is 1. The number of methoxy groups -OCH3 is 1. The molecular weight excluding hydrogens is 216 g/mol. The van der Waals surface area contributed by atoms with Crippen LogP contribution in [0.25, 0.3) is 0 Å². The van der Waals surface area contributed by atoms with Crippen LogP contribution in [-0.2, 0) is 0 Å². The van der Waals surface area contributed by atoms with Crippen LogP contribution >= 0.6 is 11.6 Å². The Morgan fingerprint density at radius 1 is 1.47 bits per heavy atom. The fourth-order valence-electron chi connectivity index (χ4n) is 1.21. The molecule has 0 fully saturated rings. The number of Topliss-reactive ketones (excluding diaryl/α,β-unsaturated/α-hetero) is 1. The molecule has 0 N–H and O–H groups in total. The van der Waals surface area contributed by atoms with Gasteiger partial charge in [0.15, 0.2) is 5.78 Å². The molecule has 1 aromatic rings. The highest BCUT2D eigenvalue weighted by Crippen LogP contribution is 2.25. The first-order valence-electron chi connectivity index (χ1n) is 4.63. The van der Waals surface area contributed by atoms with Gasteiger partial charge in [0, 0.05) is 6.07 Å². The van der Waals surface area contributed by atoms with Gasteiger partial charge in [-0.1, -0.05) is 0 Å². The quantitative estimate of drug-likeness (QED) is 0.574. The van der Waals surface area contributed by atoms with Crippen molar-refractivity contribution < 1.29 is 14.3 Å². The van der Waals surface area contributed by atoms with Crippen LogP contribution in [0.15, 0.2) is 18.2 Å². The van der Waals surface area contributed by atoms with E-state index < -0.39 is 0 Å². The molecule has 0 atom stereocenters. The molecule has 0 amide bonds. The number of hydrogen-bond acceptors (Lipinski definition) is 3. The second kappa shape index (κ2) is 5.61. The Hall–Kier alpha value is -1.22. The minimum absolute atomic E-state index is 0.0492. The van der Waals surface area contributed by atoms with E-state index in [9.17, 15) is 4.79 Å². The highest BCUT2D eigenvalue weighted by atomic mass is 35.5. The number of ketones is 1. The van der Waals surface area contributed by atoms with Crippen LogP contribution in [0, 0.1) is 0 Å². The van der Waals surface area contributed by atoms with E-state index in [0.29, 0.717) is 23.7 Å². The van der Waals surface area contributed by atoms with E-state index in [0.717, 1.165) is 0 Å². The van der Waals surface area contributed by atoms with E-state index in [2.05, 4.69) is 0 Å². The van der Waals surface area contributed by atoms with Crippen LogP contribution in [0.5, 0.6) is 11.5 Å². The zero-order valence-corrected chi connectivity index (χ0v) is 9.50. The topological polar surface area (TPSA) is 35.5 Å². The van der Waals surface area contributed by atoms with E-state index >= 15 is 0 Å². The van der Waals surface area contributed by atoms with Crippen LogP contribution < -0.4 is 9.47 Å². The lowest BCUT2D eigenvalue weighted by molar-refractivity contribution is 0.101. The fourth-order valence-corrected chi connectivity index (χ4v) is 1.35. The summed E-state index contributed by atoms with van der Waals surface area (Å²) in [5.41, 5.74) is 0.493. The number of benzene rings is 1. The maximum absolute atomic E-state index is 11.5. The van der Waals surface area contributed by atoms with Crippen molar-refractivity contribution in [2.45, 2.75) is 6.92 Å². The molecule has 1 aromatic carbocycles. The highest BCUT2D eigenvalue weighted by Gasteiger charge is 2.12. The van der Waals surface area contributed by atoms with Crippen molar-refractivity contribution in [1.82, 2.24) is 0 Å². The minimum Gasteiger partial charge on any atom is -0.497 e. The van der Waals surface area contributed by atoms with E-state index in [1.165, 1.54) is 0 Å². The molecule has 0 aromatic heterocycles. The normalized spacial score (nSPS) is 9.80. The van der Waals surface area contributed by atoms with Crippen molar-refractivity contribution in [3.63, 3.8) is 0 Å². The standard InChI is InChI=1S/C11H13ClO3/c1-3-15-11-6-8(14-2)4-5-9(11)10(13)7-12/h4-6H,3,7H2,1-2H3. The number of halogens is 1. The average Bonchev–Trinajstić information content (AvgIpc) is 2.28. The third kappa shape index (κ3) is 2.86. The van der Waals surface area contributed by atoms with Gasteiger partial charge in [0.05, 0.1) is 25.2 Å². The van der Waals surface area contributed by atoms with Crippen molar-refractivity contribution >= 4 is 17.4 Å². The molecule has 82 valence electrons. The molecule has 0 aliphatic heterocycles.